The van der Waals surface area contributed by atoms with Crippen LogP contribution in [0.1, 0.15) is 40.2 Å². The lowest BCUT2D eigenvalue weighted by Gasteiger charge is -2.21. The first kappa shape index (κ1) is 22.3. The summed E-state index contributed by atoms with van der Waals surface area (Å²) in [4.78, 5) is 27.6. The molecule has 27 heavy (non-hydrogen) atoms. The molecule has 1 rings (SSSR count). The Morgan fingerprint density at radius 3 is 2.22 bits per heavy atom. The first-order valence-corrected chi connectivity index (χ1v) is 9.01. The third-order valence-corrected chi connectivity index (χ3v) is 3.25. The Morgan fingerprint density at radius 2 is 1.70 bits per heavy atom. The first-order valence-electron chi connectivity index (χ1n) is 9.01. The van der Waals surface area contributed by atoms with Gasteiger partial charge in [0.25, 0.3) is 0 Å². The van der Waals surface area contributed by atoms with Crippen molar-refractivity contribution in [3.8, 4) is 0 Å². The Labute approximate surface area is 161 Å². The third kappa shape index (κ3) is 10.1. The van der Waals surface area contributed by atoms with Gasteiger partial charge in [0, 0.05) is 30.9 Å². The lowest BCUT2D eigenvalue weighted by molar-refractivity contribution is -0.121. The smallest absolute Gasteiger partial charge is 0.319 e. The predicted octanol–water partition coefficient (Wildman–Crippen LogP) is 1.80. The molecule has 0 aliphatic carbocycles. The molecule has 0 bridgehead atoms. The Morgan fingerprint density at radius 1 is 1.07 bits per heavy atom. The Hall–Kier alpha value is -2.77. The molecule has 0 fully saturated rings. The van der Waals surface area contributed by atoms with Crippen molar-refractivity contribution in [3.63, 3.8) is 0 Å². The molecule has 0 aliphatic rings. The van der Waals surface area contributed by atoms with Crippen molar-refractivity contribution in [2.24, 2.45) is 4.99 Å². The van der Waals surface area contributed by atoms with Crippen LogP contribution in [-0.2, 0) is 11.3 Å². The lowest BCUT2D eigenvalue weighted by atomic mass is 10.1. The average molecular weight is 377 g/mol. The summed E-state index contributed by atoms with van der Waals surface area (Å²) >= 11 is 0. The molecule has 0 heterocycles. The number of hydrogen-bond acceptors (Lipinski definition) is 3. The summed E-state index contributed by atoms with van der Waals surface area (Å²) in [5.74, 6) is 0.443. The highest BCUT2D eigenvalue weighted by Crippen LogP contribution is 2.09. The van der Waals surface area contributed by atoms with E-state index in [2.05, 4.69) is 31.6 Å². The van der Waals surface area contributed by atoms with Gasteiger partial charge < -0.3 is 26.6 Å². The van der Waals surface area contributed by atoms with E-state index in [1.165, 1.54) is 0 Å². The molecule has 8 heteroatoms. The van der Waals surface area contributed by atoms with E-state index in [0.717, 1.165) is 11.3 Å². The number of rotatable bonds is 6. The molecule has 1 aromatic carbocycles. The zero-order valence-corrected chi connectivity index (χ0v) is 17.1. The fourth-order valence-electron chi connectivity index (χ4n) is 2.17. The van der Waals surface area contributed by atoms with Gasteiger partial charge >= 0.3 is 6.03 Å². The van der Waals surface area contributed by atoms with E-state index in [0.29, 0.717) is 12.5 Å². The van der Waals surface area contributed by atoms with E-state index in [1.807, 2.05) is 58.9 Å². The summed E-state index contributed by atoms with van der Waals surface area (Å²) in [6.07, 6.45) is 0. The minimum absolute atomic E-state index is 0.0817. The van der Waals surface area contributed by atoms with Gasteiger partial charge in [-0.05, 0) is 52.3 Å². The average Bonchev–Trinajstić information content (AvgIpc) is 2.54. The fourth-order valence-corrected chi connectivity index (χ4v) is 2.17. The van der Waals surface area contributed by atoms with Crippen LogP contribution in [-0.4, -0.2) is 43.1 Å². The molecule has 0 saturated heterocycles. The van der Waals surface area contributed by atoms with Gasteiger partial charge in [-0.3, -0.25) is 9.79 Å². The maximum Gasteiger partial charge on any atom is 0.319 e. The van der Waals surface area contributed by atoms with Crippen molar-refractivity contribution in [3.05, 3.63) is 29.8 Å². The Kier molecular flexibility index (Phi) is 8.58. The van der Waals surface area contributed by atoms with Crippen LogP contribution in [0, 0.1) is 0 Å². The van der Waals surface area contributed by atoms with E-state index in [-0.39, 0.29) is 30.1 Å². The molecule has 0 atom stereocenters. The standard InChI is InChI=1S/C19H32N6O2/c1-13(2)23-18(27)24-15-9-7-14(8-10-15)11-21-17(20-6)22-12-16(26)25-19(3,4)5/h7-10,13H,11-12H2,1-6H3,(H,25,26)(H2,20,21,22)(H2,23,24,27). The second-order valence-electron chi connectivity index (χ2n) is 7.53. The minimum Gasteiger partial charge on any atom is -0.352 e. The predicted molar refractivity (Wildman–Crippen MR) is 110 cm³/mol. The second kappa shape index (κ2) is 10.4. The molecule has 150 valence electrons. The number of benzene rings is 1. The van der Waals surface area contributed by atoms with Gasteiger partial charge in [0.1, 0.15) is 0 Å². The monoisotopic (exact) mass is 376 g/mol. The molecule has 8 nitrogen and oxygen atoms in total. The largest absolute Gasteiger partial charge is 0.352 e. The van der Waals surface area contributed by atoms with Crippen LogP contribution in [0.15, 0.2) is 29.3 Å². The summed E-state index contributed by atoms with van der Waals surface area (Å²) in [5.41, 5.74) is 1.47. The molecule has 3 amide bonds. The van der Waals surface area contributed by atoms with Crippen molar-refractivity contribution in [2.45, 2.75) is 52.7 Å². The van der Waals surface area contributed by atoms with Gasteiger partial charge in [0.15, 0.2) is 5.96 Å². The number of guanidine groups is 1. The molecular weight excluding hydrogens is 344 g/mol. The van der Waals surface area contributed by atoms with Gasteiger partial charge in [-0.1, -0.05) is 12.1 Å². The number of carbonyl (C=O) groups excluding carboxylic acids is 2. The normalized spacial score (nSPS) is 11.7. The van der Waals surface area contributed by atoms with Crippen molar-refractivity contribution >= 4 is 23.6 Å². The lowest BCUT2D eigenvalue weighted by Crippen LogP contribution is -2.48. The highest BCUT2D eigenvalue weighted by atomic mass is 16.2. The third-order valence-electron chi connectivity index (χ3n) is 3.25. The number of hydrogen-bond donors (Lipinski definition) is 5. The van der Waals surface area contributed by atoms with Gasteiger partial charge in [-0.2, -0.15) is 0 Å². The molecule has 0 aromatic heterocycles. The Bertz CT molecular complexity index is 647. The second-order valence-corrected chi connectivity index (χ2v) is 7.53. The van der Waals surface area contributed by atoms with E-state index in [1.54, 1.807) is 7.05 Å². The number of anilines is 1. The summed E-state index contributed by atoms with van der Waals surface area (Å²) < 4.78 is 0. The SMILES string of the molecule is CN=C(NCC(=O)NC(C)(C)C)NCc1ccc(NC(=O)NC(C)C)cc1. The molecule has 0 aliphatic heterocycles. The first-order chi connectivity index (χ1) is 12.6. The molecule has 1 aromatic rings. The van der Waals surface area contributed by atoms with E-state index in [4.69, 9.17) is 0 Å². The number of amides is 3. The quantitative estimate of drug-likeness (QED) is 0.385. The van der Waals surface area contributed by atoms with Gasteiger partial charge in [0.2, 0.25) is 5.91 Å². The Balaban J connectivity index is 2.44. The molecule has 0 saturated carbocycles. The summed E-state index contributed by atoms with van der Waals surface area (Å²) in [6.45, 7) is 10.3. The van der Waals surface area contributed by atoms with Crippen molar-refractivity contribution in [1.29, 1.82) is 0 Å². The molecule has 0 spiro atoms. The number of nitrogens with one attached hydrogen (secondary N) is 5. The van der Waals surface area contributed by atoms with Gasteiger partial charge in [-0.15, -0.1) is 0 Å². The van der Waals surface area contributed by atoms with Crippen molar-refractivity contribution in [2.75, 3.05) is 18.9 Å². The van der Waals surface area contributed by atoms with Gasteiger partial charge in [0.05, 0.1) is 6.54 Å². The van der Waals surface area contributed by atoms with E-state index >= 15 is 0 Å². The van der Waals surface area contributed by atoms with Crippen molar-refractivity contribution in [1.82, 2.24) is 21.3 Å². The zero-order chi connectivity index (χ0) is 20.4. The maximum atomic E-state index is 11.8. The highest BCUT2D eigenvalue weighted by Gasteiger charge is 2.13. The number of nitrogens with zero attached hydrogens (tertiary/aromatic N) is 1. The zero-order valence-electron chi connectivity index (χ0n) is 17.1. The number of urea groups is 1. The summed E-state index contributed by atoms with van der Waals surface area (Å²) in [6, 6.07) is 7.36. The van der Waals surface area contributed by atoms with Gasteiger partial charge in [-0.25, -0.2) is 4.79 Å². The van der Waals surface area contributed by atoms with Crippen LogP contribution in [0.3, 0.4) is 0 Å². The highest BCUT2D eigenvalue weighted by molar-refractivity contribution is 5.89. The van der Waals surface area contributed by atoms with Crippen LogP contribution in [0.25, 0.3) is 0 Å². The summed E-state index contributed by atoms with van der Waals surface area (Å²) in [7, 11) is 1.65. The van der Waals surface area contributed by atoms with E-state index < -0.39 is 0 Å². The molecule has 0 unspecified atom stereocenters. The minimum atomic E-state index is -0.266. The van der Waals surface area contributed by atoms with Crippen molar-refractivity contribution < 1.29 is 9.59 Å². The van der Waals surface area contributed by atoms with Crippen LogP contribution in [0.4, 0.5) is 10.5 Å². The van der Waals surface area contributed by atoms with Crippen LogP contribution in [0.5, 0.6) is 0 Å². The maximum absolute atomic E-state index is 11.8. The molecule has 5 N–H and O–H groups in total. The number of carbonyl (C=O) groups is 2. The topological polar surface area (TPSA) is 107 Å². The molecule has 0 radical (unpaired) electrons. The molecular formula is C19H32N6O2. The van der Waals surface area contributed by atoms with Crippen LogP contribution >= 0.6 is 0 Å². The number of aliphatic imine (C=N–C) groups is 1. The van der Waals surface area contributed by atoms with Crippen LogP contribution in [0.2, 0.25) is 0 Å². The summed E-state index contributed by atoms with van der Waals surface area (Å²) in [5, 5.41) is 14.6. The fraction of sp³-hybridized carbons (Fsp3) is 0.526. The van der Waals surface area contributed by atoms with Crippen LogP contribution < -0.4 is 26.6 Å². The van der Waals surface area contributed by atoms with E-state index in [9.17, 15) is 9.59 Å².